The third-order valence-corrected chi connectivity index (χ3v) is 6.50. The molecule has 0 spiro atoms. The number of hydrogen-bond acceptors (Lipinski definition) is 6. The molecule has 142 valence electrons. The lowest BCUT2D eigenvalue weighted by Gasteiger charge is -2.28. The van der Waals surface area contributed by atoms with Crippen molar-refractivity contribution in [2.45, 2.75) is 38.3 Å². The van der Waals surface area contributed by atoms with E-state index in [1.54, 1.807) is 23.1 Å². The molecule has 26 heavy (non-hydrogen) atoms. The number of ether oxygens (including phenoxy) is 2. The minimum atomic E-state index is -3.06. The molecule has 1 heterocycles. The second-order valence-electron chi connectivity index (χ2n) is 6.80. The molecular weight excluding hydrogens is 358 g/mol. The maximum Gasteiger partial charge on any atom is 0.261 e. The van der Waals surface area contributed by atoms with Crippen LogP contribution in [0.15, 0.2) is 18.2 Å². The van der Waals surface area contributed by atoms with Gasteiger partial charge in [0.05, 0.1) is 18.6 Å². The van der Waals surface area contributed by atoms with Crippen LogP contribution in [0.5, 0.6) is 11.5 Å². The van der Waals surface area contributed by atoms with Gasteiger partial charge >= 0.3 is 0 Å². The van der Waals surface area contributed by atoms with Crippen molar-refractivity contribution < 1.29 is 27.5 Å². The normalized spacial score (nSPS) is 21.2. The zero-order valence-electron chi connectivity index (χ0n) is 14.9. The zero-order valence-corrected chi connectivity index (χ0v) is 15.8. The summed E-state index contributed by atoms with van der Waals surface area (Å²) in [6.07, 6.45) is 2.29. The van der Waals surface area contributed by atoms with Crippen LogP contribution in [0.4, 0.5) is 0 Å². The van der Waals surface area contributed by atoms with Gasteiger partial charge in [-0.15, -0.1) is 0 Å². The number of carbonyl (C=O) groups excluding carboxylic acids is 2. The maximum absolute atomic E-state index is 12.7. The van der Waals surface area contributed by atoms with Gasteiger partial charge in [-0.25, -0.2) is 8.42 Å². The van der Waals surface area contributed by atoms with Crippen molar-refractivity contribution in [2.24, 2.45) is 0 Å². The topological polar surface area (TPSA) is 90.0 Å². The monoisotopic (exact) mass is 381 g/mol. The molecule has 7 nitrogen and oxygen atoms in total. The Balaban J connectivity index is 1.68. The van der Waals surface area contributed by atoms with Crippen LogP contribution in [0.25, 0.3) is 0 Å². The summed E-state index contributed by atoms with van der Waals surface area (Å²) in [5, 5.41) is 0. The standard InChI is InChI=1S/C18H23NO6S/c1-12(20)13-3-6-16(17(9-13)24-2)25-10-18(21)19(14-4-5-14)15-7-8-26(22,23)11-15/h3,6,9,14-15H,4-5,7-8,10-11H2,1-2H3. The first-order valence-corrected chi connectivity index (χ1v) is 10.5. The van der Waals surface area contributed by atoms with Crippen LogP contribution >= 0.6 is 0 Å². The van der Waals surface area contributed by atoms with E-state index in [2.05, 4.69) is 0 Å². The summed E-state index contributed by atoms with van der Waals surface area (Å²) in [4.78, 5) is 25.8. The number of hydrogen-bond donors (Lipinski definition) is 0. The van der Waals surface area contributed by atoms with E-state index in [0.717, 1.165) is 12.8 Å². The predicted molar refractivity (Wildman–Crippen MR) is 95.4 cm³/mol. The quantitative estimate of drug-likeness (QED) is 0.664. The van der Waals surface area contributed by atoms with Crippen molar-refractivity contribution in [1.29, 1.82) is 0 Å². The first-order chi connectivity index (χ1) is 12.3. The van der Waals surface area contributed by atoms with Crippen molar-refractivity contribution in [3.63, 3.8) is 0 Å². The summed E-state index contributed by atoms with van der Waals surface area (Å²) in [6, 6.07) is 4.65. The lowest BCUT2D eigenvalue weighted by Crippen LogP contribution is -2.45. The van der Waals surface area contributed by atoms with Gasteiger partial charge in [-0.2, -0.15) is 0 Å². The fraction of sp³-hybridized carbons (Fsp3) is 0.556. The van der Waals surface area contributed by atoms with Gasteiger partial charge in [-0.3, -0.25) is 9.59 Å². The minimum Gasteiger partial charge on any atom is -0.493 e. The molecule has 0 N–H and O–H groups in total. The predicted octanol–water partition coefficient (Wildman–Crippen LogP) is 1.45. The molecule has 3 rings (SSSR count). The van der Waals surface area contributed by atoms with E-state index in [-0.39, 0.29) is 41.9 Å². The summed E-state index contributed by atoms with van der Waals surface area (Å²) in [6.45, 7) is 1.27. The SMILES string of the molecule is COc1cc(C(C)=O)ccc1OCC(=O)N(C1CC1)C1CCS(=O)(=O)C1. The highest BCUT2D eigenvalue weighted by Crippen LogP contribution is 2.33. The highest BCUT2D eigenvalue weighted by molar-refractivity contribution is 7.91. The second-order valence-corrected chi connectivity index (χ2v) is 9.03. The summed E-state index contributed by atoms with van der Waals surface area (Å²) in [5.41, 5.74) is 0.497. The second kappa shape index (κ2) is 7.26. The molecule has 0 bridgehead atoms. The van der Waals surface area contributed by atoms with Gasteiger partial charge < -0.3 is 14.4 Å². The Hall–Kier alpha value is -2.09. The van der Waals surface area contributed by atoms with Crippen LogP contribution < -0.4 is 9.47 Å². The van der Waals surface area contributed by atoms with Crippen molar-refractivity contribution in [3.05, 3.63) is 23.8 Å². The van der Waals surface area contributed by atoms with Gasteiger partial charge in [0, 0.05) is 17.6 Å². The van der Waals surface area contributed by atoms with Gasteiger partial charge in [0.15, 0.2) is 33.7 Å². The average molecular weight is 381 g/mol. The Morgan fingerprint density at radius 3 is 2.42 bits per heavy atom. The molecule has 2 aliphatic rings. The smallest absolute Gasteiger partial charge is 0.261 e. The van der Waals surface area contributed by atoms with E-state index >= 15 is 0 Å². The third-order valence-electron chi connectivity index (χ3n) is 4.75. The molecule has 1 unspecified atom stereocenters. The highest BCUT2D eigenvalue weighted by atomic mass is 32.2. The molecule has 8 heteroatoms. The average Bonchev–Trinajstić information content (AvgIpc) is 3.36. The summed E-state index contributed by atoms with van der Waals surface area (Å²) < 4.78 is 34.3. The number of amides is 1. The Morgan fingerprint density at radius 2 is 1.88 bits per heavy atom. The van der Waals surface area contributed by atoms with E-state index in [9.17, 15) is 18.0 Å². The Kier molecular flexibility index (Phi) is 5.22. The van der Waals surface area contributed by atoms with E-state index in [1.165, 1.54) is 14.0 Å². The molecule has 1 aromatic rings. The van der Waals surface area contributed by atoms with Gasteiger partial charge in [0.25, 0.3) is 5.91 Å². The number of benzene rings is 1. The molecule has 2 fully saturated rings. The molecule has 0 aromatic heterocycles. The van der Waals surface area contributed by atoms with Crippen LogP contribution in [0.2, 0.25) is 0 Å². The van der Waals surface area contributed by atoms with Crippen molar-refractivity contribution in [2.75, 3.05) is 25.2 Å². The van der Waals surface area contributed by atoms with E-state index < -0.39 is 9.84 Å². The van der Waals surface area contributed by atoms with Crippen LogP contribution in [0, 0.1) is 0 Å². The van der Waals surface area contributed by atoms with Crippen molar-refractivity contribution in [3.8, 4) is 11.5 Å². The number of sulfone groups is 1. The van der Waals surface area contributed by atoms with Gasteiger partial charge in [-0.05, 0) is 44.4 Å². The molecule has 1 aliphatic carbocycles. The van der Waals surface area contributed by atoms with Crippen LogP contribution in [0.3, 0.4) is 0 Å². The molecule has 1 saturated carbocycles. The summed E-state index contributed by atoms with van der Waals surface area (Å²) in [5.74, 6) is 0.620. The molecule has 0 radical (unpaired) electrons. The molecule has 1 saturated heterocycles. The summed E-state index contributed by atoms with van der Waals surface area (Å²) in [7, 11) is -1.59. The molecule has 1 aromatic carbocycles. The number of rotatable bonds is 7. The van der Waals surface area contributed by atoms with Gasteiger partial charge in [0.2, 0.25) is 0 Å². The first kappa shape index (κ1) is 18.7. The third kappa shape index (κ3) is 4.17. The molecule has 1 amide bonds. The molecule has 1 aliphatic heterocycles. The largest absolute Gasteiger partial charge is 0.493 e. The fourth-order valence-electron chi connectivity index (χ4n) is 3.27. The Bertz CT molecular complexity index is 815. The number of methoxy groups -OCH3 is 1. The van der Waals surface area contributed by atoms with Crippen LogP contribution in [-0.2, 0) is 14.6 Å². The van der Waals surface area contributed by atoms with Crippen molar-refractivity contribution in [1.82, 2.24) is 4.90 Å². The van der Waals surface area contributed by atoms with Gasteiger partial charge in [-0.1, -0.05) is 0 Å². The number of ketones is 1. The Morgan fingerprint density at radius 1 is 1.15 bits per heavy atom. The van der Waals surface area contributed by atoms with E-state index in [4.69, 9.17) is 9.47 Å². The highest BCUT2D eigenvalue weighted by Gasteiger charge is 2.42. The zero-order chi connectivity index (χ0) is 18.9. The lowest BCUT2D eigenvalue weighted by atomic mass is 10.1. The minimum absolute atomic E-state index is 0.0336. The number of carbonyl (C=O) groups is 2. The maximum atomic E-state index is 12.7. The van der Waals surface area contributed by atoms with Crippen LogP contribution in [0.1, 0.15) is 36.5 Å². The van der Waals surface area contributed by atoms with E-state index in [1.807, 2.05) is 0 Å². The summed E-state index contributed by atoms with van der Waals surface area (Å²) >= 11 is 0. The lowest BCUT2D eigenvalue weighted by molar-refractivity contribution is -0.135. The number of Topliss-reactive ketones (excluding diaryl/α,β-unsaturated/α-hetero) is 1. The van der Waals surface area contributed by atoms with Gasteiger partial charge in [0.1, 0.15) is 0 Å². The molecular formula is C18H23NO6S. The fourth-order valence-corrected chi connectivity index (χ4v) is 4.98. The molecule has 1 atom stereocenters. The number of nitrogens with zero attached hydrogens (tertiary/aromatic N) is 1. The Labute approximate surface area is 153 Å². The van der Waals surface area contributed by atoms with Crippen molar-refractivity contribution >= 4 is 21.5 Å². The first-order valence-electron chi connectivity index (χ1n) is 8.64. The van der Waals surface area contributed by atoms with Crippen LogP contribution in [-0.4, -0.2) is 62.3 Å². The van der Waals surface area contributed by atoms with E-state index in [0.29, 0.717) is 23.5 Å².